The number of ether oxygens (including phenoxy) is 1. The van der Waals surface area contributed by atoms with E-state index in [1.165, 1.54) is 0 Å². The van der Waals surface area contributed by atoms with Crippen LogP contribution in [-0.4, -0.2) is 16.7 Å². The molecule has 1 atom stereocenters. The van der Waals surface area contributed by atoms with E-state index in [1.807, 2.05) is 60.8 Å². The van der Waals surface area contributed by atoms with Gasteiger partial charge >= 0.3 is 0 Å². The number of nitrogens with one attached hydrogen (secondary N) is 1. The van der Waals surface area contributed by atoms with Crippen LogP contribution >= 0.6 is 0 Å². The molecule has 1 aromatic heterocycles. The van der Waals surface area contributed by atoms with Crippen molar-refractivity contribution in [3.05, 3.63) is 84.6 Å². The van der Waals surface area contributed by atoms with Crippen molar-refractivity contribution in [3.63, 3.8) is 0 Å². The van der Waals surface area contributed by atoms with E-state index in [2.05, 4.69) is 11.6 Å². The third kappa shape index (κ3) is 2.49. The number of aliphatic hydroxyl groups is 1. The topological polar surface area (TPSA) is 45.2 Å². The average Bonchev–Trinajstić information content (AvgIpc) is 3.01. The number of hydrogen-bond acceptors (Lipinski definition) is 2. The lowest BCUT2D eigenvalue weighted by atomic mass is 9.96. The molecule has 106 valence electrons. The number of rotatable bonds is 5. The van der Waals surface area contributed by atoms with E-state index >= 15 is 0 Å². The minimum Gasteiger partial charge on any atom is -0.361 e. The maximum atomic E-state index is 11.1. The van der Waals surface area contributed by atoms with E-state index in [1.54, 1.807) is 6.08 Å². The Kier molecular flexibility index (Phi) is 3.60. The van der Waals surface area contributed by atoms with Crippen LogP contribution in [0.5, 0.6) is 0 Å². The number of H-pyrrole nitrogens is 1. The number of benzene rings is 2. The molecule has 3 heteroatoms. The largest absolute Gasteiger partial charge is 0.361 e. The van der Waals surface area contributed by atoms with Crippen molar-refractivity contribution in [2.24, 2.45) is 0 Å². The average molecular weight is 279 g/mol. The Morgan fingerprint density at radius 1 is 1.10 bits per heavy atom. The summed E-state index contributed by atoms with van der Waals surface area (Å²) < 4.78 is 5.70. The highest BCUT2D eigenvalue weighted by molar-refractivity contribution is 5.80. The quantitative estimate of drug-likeness (QED) is 0.554. The smallest absolute Gasteiger partial charge is 0.220 e. The van der Waals surface area contributed by atoms with E-state index in [9.17, 15) is 5.11 Å². The monoisotopic (exact) mass is 279 g/mol. The van der Waals surface area contributed by atoms with Crippen molar-refractivity contribution in [1.82, 2.24) is 4.98 Å². The van der Waals surface area contributed by atoms with Gasteiger partial charge in [-0.1, -0.05) is 48.5 Å². The van der Waals surface area contributed by atoms with Crippen molar-refractivity contribution in [2.75, 3.05) is 6.61 Å². The highest BCUT2D eigenvalue weighted by Crippen LogP contribution is 2.32. The predicted octanol–water partition coefficient (Wildman–Crippen LogP) is 3.56. The Morgan fingerprint density at radius 3 is 2.67 bits per heavy atom. The van der Waals surface area contributed by atoms with Gasteiger partial charge in [-0.3, -0.25) is 0 Å². The number of aromatic nitrogens is 1. The molecule has 3 aromatic rings. The van der Waals surface area contributed by atoms with E-state index in [0.717, 1.165) is 10.9 Å². The molecule has 21 heavy (non-hydrogen) atoms. The van der Waals surface area contributed by atoms with Crippen LogP contribution in [0, 0.1) is 0 Å². The van der Waals surface area contributed by atoms with Crippen molar-refractivity contribution < 1.29 is 9.84 Å². The molecule has 0 aliphatic heterocycles. The Morgan fingerprint density at radius 2 is 1.90 bits per heavy atom. The van der Waals surface area contributed by atoms with E-state index in [4.69, 9.17) is 4.74 Å². The molecule has 3 rings (SSSR count). The standard InChI is InChI=1S/C18H17NO2/c1-2-12-21-18(20,15-6-4-3-5-7-15)16-9-8-14-10-11-19-17(14)13-16/h2-11,13,19-20H,1,12H2. The van der Waals surface area contributed by atoms with Crippen LogP contribution in [0.3, 0.4) is 0 Å². The lowest BCUT2D eigenvalue weighted by molar-refractivity contribution is -0.172. The maximum absolute atomic E-state index is 11.1. The third-order valence-electron chi connectivity index (χ3n) is 3.52. The van der Waals surface area contributed by atoms with Crippen LogP contribution in [0.15, 0.2) is 73.4 Å². The second-order valence-corrected chi connectivity index (χ2v) is 4.89. The summed E-state index contributed by atoms with van der Waals surface area (Å²) in [7, 11) is 0. The second kappa shape index (κ2) is 5.56. The fourth-order valence-electron chi connectivity index (χ4n) is 2.44. The molecule has 0 aliphatic carbocycles. The normalized spacial score (nSPS) is 14.0. The summed E-state index contributed by atoms with van der Waals surface area (Å²) in [4.78, 5) is 3.15. The third-order valence-corrected chi connectivity index (χ3v) is 3.52. The summed E-state index contributed by atoms with van der Waals surface area (Å²) in [5.74, 6) is -1.49. The first kappa shape index (κ1) is 13.6. The second-order valence-electron chi connectivity index (χ2n) is 4.89. The Bertz CT molecular complexity index is 748. The molecule has 0 aliphatic rings. The van der Waals surface area contributed by atoms with Crippen LogP contribution in [0.1, 0.15) is 11.1 Å². The number of hydrogen-bond donors (Lipinski definition) is 2. The molecule has 3 nitrogen and oxygen atoms in total. The molecular formula is C18H17NO2. The lowest BCUT2D eigenvalue weighted by Gasteiger charge is -2.29. The van der Waals surface area contributed by atoms with Gasteiger partial charge in [0.15, 0.2) is 0 Å². The highest BCUT2D eigenvalue weighted by atomic mass is 16.6. The zero-order valence-corrected chi connectivity index (χ0v) is 11.6. The molecule has 2 aromatic carbocycles. The van der Waals surface area contributed by atoms with Gasteiger partial charge in [0.25, 0.3) is 0 Å². The van der Waals surface area contributed by atoms with E-state index in [0.29, 0.717) is 11.1 Å². The lowest BCUT2D eigenvalue weighted by Crippen LogP contribution is -2.31. The zero-order valence-electron chi connectivity index (χ0n) is 11.6. The van der Waals surface area contributed by atoms with Gasteiger partial charge in [-0.2, -0.15) is 0 Å². The van der Waals surface area contributed by atoms with Crippen LogP contribution < -0.4 is 0 Å². The van der Waals surface area contributed by atoms with Crippen molar-refractivity contribution in [2.45, 2.75) is 5.79 Å². The first-order chi connectivity index (χ1) is 10.2. The number of aromatic amines is 1. The van der Waals surface area contributed by atoms with Gasteiger partial charge in [0.2, 0.25) is 5.79 Å². The Labute approximate surface area is 123 Å². The molecule has 1 unspecified atom stereocenters. The Hall–Kier alpha value is -2.36. The molecule has 0 bridgehead atoms. The van der Waals surface area contributed by atoms with Crippen molar-refractivity contribution in [1.29, 1.82) is 0 Å². The molecule has 2 N–H and O–H groups in total. The molecule has 0 radical (unpaired) electrons. The van der Waals surface area contributed by atoms with Gasteiger partial charge in [-0.15, -0.1) is 6.58 Å². The van der Waals surface area contributed by atoms with E-state index < -0.39 is 5.79 Å². The summed E-state index contributed by atoms with van der Waals surface area (Å²) in [6.07, 6.45) is 3.50. The van der Waals surface area contributed by atoms with Crippen molar-refractivity contribution in [3.8, 4) is 0 Å². The summed E-state index contributed by atoms with van der Waals surface area (Å²) in [6, 6.07) is 17.1. The molecular weight excluding hydrogens is 262 g/mol. The minimum atomic E-state index is -1.49. The SMILES string of the molecule is C=CCOC(O)(c1ccccc1)c1ccc2cc[nH]c2c1. The highest BCUT2D eigenvalue weighted by Gasteiger charge is 2.32. The number of fused-ring (bicyclic) bond motifs is 1. The molecule has 0 spiro atoms. The fourth-order valence-corrected chi connectivity index (χ4v) is 2.44. The first-order valence-electron chi connectivity index (χ1n) is 6.84. The van der Waals surface area contributed by atoms with Crippen LogP contribution in [0.25, 0.3) is 10.9 Å². The van der Waals surface area contributed by atoms with Gasteiger partial charge in [0.1, 0.15) is 0 Å². The Balaban J connectivity index is 2.11. The molecule has 1 heterocycles. The van der Waals surface area contributed by atoms with Gasteiger partial charge in [-0.05, 0) is 17.5 Å². The molecule has 0 amide bonds. The summed E-state index contributed by atoms with van der Waals surface area (Å²) >= 11 is 0. The fraction of sp³-hybridized carbons (Fsp3) is 0.111. The summed E-state index contributed by atoms with van der Waals surface area (Å²) in [5, 5.41) is 12.2. The maximum Gasteiger partial charge on any atom is 0.220 e. The summed E-state index contributed by atoms with van der Waals surface area (Å²) in [6.45, 7) is 3.91. The predicted molar refractivity (Wildman–Crippen MR) is 83.9 cm³/mol. The summed E-state index contributed by atoms with van der Waals surface area (Å²) in [5.41, 5.74) is 2.34. The van der Waals surface area contributed by atoms with Gasteiger partial charge in [0.05, 0.1) is 6.61 Å². The molecule has 0 fully saturated rings. The minimum absolute atomic E-state index is 0.258. The van der Waals surface area contributed by atoms with Crippen molar-refractivity contribution >= 4 is 10.9 Å². The van der Waals surface area contributed by atoms with Gasteiger partial charge in [-0.25, -0.2) is 0 Å². The van der Waals surface area contributed by atoms with E-state index in [-0.39, 0.29) is 6.61 Å². The first-order valence-corrected chi connectivity index (χ1v) is 6.84. The molecule has 0 saturated carbocycles. The molecule has 0 saturated heterocycles. The van der Waals surface area contributed by atoms with Crippen LogP contribution in [0.4, 0.5) is 0 Å². The zero-order chi connectivity index (χ0) is 14.7. The van der Waals surface area contributed by atoms with Gasteiger partial charge in [0, 0.05) is 22.8 Å². The van der Waals surface area contributed by atoms with Crippen LogP contribution in [-0.2, 0) is 10.5 Å². The van der Waals surface area contributed by atoms with Crippen LogP contribution in [0.2, 0.25) is 0 Å². The van der Waals surface area contributed by atoms with Gasteiger partial charge < -0.3 is 14.8 Å².